The second kappa shape index (κ2) is 12.7. The highest BCUT2D eigenvalue weighted by Crippen LogP contribution is 2.46. The molecule has 18 heteroatoms. The Hall–Kier alpha value is -3.63. The van der Waals surface area contributed by atoms with Gasteiger partial charge in [-0.25, -0.2) is 9.13 Å². The number of rotatable bonds is 13. The molecule has 0 radical (unpaired) electrons. The predicted molar refractivity (Wildman–Crippen MR) is 142 cm³/mol. The number of carbonyl (C=O) groups excluding carboxylic acids is 3. The highest BCUT2D eigenvalue weighted by atomic mass is 32.2. The lowest BCUT2D eigenvalue weighted by atomic mass is 10.0. The van der Waals surface area contributed by atoms with E-state index >= 15 is 0 Å². The number of oxime groups is 1. The number of pyridine rings is 1. The van der Waals surface area contributed by atoms with Crippen LogP contribution in [-0.4, -0.2) is 75.7 Å². The molecule has 2 amide bonds. The van der Waals surface area contributed by atoms with Crippen molar-refractivity contribution in [1.82, 2.24) is 19.6 Å². The van der Waals surface area contributed by atoms with Gasteiger partial charge in [-0.05, 0) is 0 Å². The van der Waals surface area contributed by atoms with Gasteiger partial charge >= 0.3 is 7.75 Å². The monoisotopic (exact) mass is 609 g/mol. The third-order valence-corrected chi connectivity index (χ3v) is 9.16. The van der Waals surface area contributed by atoms with E-state index in [1.165, 1.54) is 32.1 Å². The number of thioether (sulfide) groups is 1. The van der Waals surface area contributed by atoms with E-state index in [-0.39, 0.29) is 35.5 Å². The molecule has 2 aliphatic rings. The first-order valence-electron chi connectivity index (χ1n) is 11.5. The molecule has 2 aliphatic heterocycles. The number of carboxylic acids is 1. The Morgan fingerprint density at radius 1 is 1.32 bits per heavy atom. The second-order valence-electron chi connectivity index (χ2n) is 8.07. The maximum atomic E-state index is 13.2. The minimum Gasteiger partial charge on any atom is -0.543 e. The van der Waals surface area contributed by atoms with Crippen LogP contribution < -0.4 is 20.1 Å². The Bertz CT molecular complexity index is 1410. The Balaban J connectivity index is 1.52. The third-order valence-electron chi connectivity index (χ3n) is 5.59. The Morgan fingerprint density at radius 3 is 2.70 bits per heavy atom. The molecule has 212 valence electrons. The zero-order valence-corrected chi connectivity index (χ0v) is 23.7. The lowest BCUT2D eigenvalue weighted by Gasteiger charge is -2.50. The van der Waals surface area contributed by atoms with Gasteiger partial charge in [0.05, 0.1) is 11.7 Å². The van der Waals surface area contributed by atoms with Crippen molar-refractivity contribution >= 4 is 59.7 Å². The predicted octanol–water partition coefficient (Wildman–Crippen LogP) is -0.351. The molecule has 15 nitrogen and oxygen atoms in total. The molecule has 0 saturated carbocycles. The average molecular weight is 610 g/mol. The largest absolute Gasteiger partial charge is 0.543 e. The van der Waals surface area contributed by atoms with Crippen molar-refractivity contribution in [1.29, 1.82) is 0 Å². The van der Waals surface area contributed by atoms with E-state index in [9.17, 15) is 24.1 Å². The lowest BCUT2D eigenvalue weighted by molar-refractivity contribution is -0.689. The van der Waals surface area contributed by atoms with E-state index in [0.29, 0.717) is 11.3 Å². The van der Waals surface area contributed by atoms with Gasteiger partial charge in [0.15, 0.2) is 18.9 Å². The summed E-state index contributed by atoms with van der Waals surface area (Å²) in [7, 11) is -1.34. The smallest absolute Gasteiger partial charge is 0.434 e. The molecular weight excluding hydrogens is 585 g/mol. The Morgan fingerprint density at radius 2 is 2.05 bits per heavy atom. The number of nitrogens with zero attached hydrogens (tertiary/aromatic N) is 5. The highest BCUT2D eigenvalue weighted by molar-refractivity contribution is 8.00. The molecule has 4 heterocycles. The standard InChI is InChI=1S/C22H24N7O8PS2/c1-4-10-37-25-14(17-24-22(40-27-17)26-38(34,35-2)36-3)18(30)23-15-19(31)29-16(21(32)33)13(12-39-20(15)29)11-28-8-6-5-7-9-28/h4-9,15,20H,1,10-12H2,2-3H3,(H2-,23,24,26,27,30,32,33,34)/t15?,20-/m1/s1. The molecule has 2 N–H and O–H groups in total. The normalized spacial score (nSPS) is 19.0. The molecule has 2 aromatic rings. The summed E-state index contributed by atoms with van der Waals surface area (Å²) in [6, 6.07) is 4.39. The quantitative estimate of drug-likeness (QED) is 0.0572. The Kier molecular flexibility index (Phi) is 9.32. The van der Waals surface area contributed by atoms with Gasteiger partial charge in [0.1, 0.15) is 18.0 Å². The van der Waals surface area contributed by atoms with Crippen molar-refractivity contribution < 1.29 is 42.5 Å². The van der Waals surface area contributed by atoms with Crippen molar-refractivity contribution in [2.45, 2.75) is 18.0 Å². The summed E-state index contributed by atoms with van der Waals surface area (Å²) in [4.78, 5) is 48.6. The first-order valence-corrected chi connectivity index (χ1v) is 14.9. The second-order valence-corrected chi connectivity index (χ2v) is 11.9. The van der Waals surface area contributed by atoms with Crippen LogP contribution in [0.25, 0.3) is 0 Å². The van der Waals surface area contributed by atoms with Crippen LogP contribution in [0.1, 0.15) is 5.82 Å². The fourth-order valence-electron chi connectivity index (χ4n) is 3.75. The molecule has 1 unspecified atom stereocenters. The van der Waals surface area contributed by atoms with E-state index in [4.69, 9.17) is 13.9 Å². The first kappa shape index (κ1) is 29.4. The van der Waals surface area contributed by atoms with Crippen LogP contribution in [0.5, 0.6) is 0 Å². The summed E-state index contributed by atoms with van der Waals surface area (Å²) in [5, 5.41) is 20.2. The molecule has 2 aromatic heterocycles. The van der Waals surface area contributed by atoms with Crippen molar-refractivity contribution in [2.24, 2.45) is 5.16 Å². The molecule has 0 aliphatic carbocycles. The number of aromatic nitrogens is 3. The van der Waals surface area contributed by atoms with Gasteiger partial charge in [0.2, 0.25) is 16.7 Å². The van der Waals surface area contributed by atoms with Gasteiger partial charge in [-0.2, -0.15) is 9.36 Å². The van der Waals surface area contributed by atoms with Crippen LogP contribution in [0.3, 0.4) is 0 Å². The zero-order valence-electron chi connectivity index (χ0n) is 21.2. The van der Waals surface area contributed by atoms with Crippen molar-refractivity contribution in [2.75, 3.05) is 31.7 Å². The molecule has 1 saturated heterocycles. The fraction of sp³-hybridized carbons (Fsp3) is 0.318. The number of nitrogens with one attached hydrogen (secondary N) is 2. The van der Waals surface area contributed by atoms with Crippen molar-refractivity contribution in [3.63, 3.8) is 0 Å². The molecular formula is C22H24N7O8PS2. The Labute approximate surface area is 236 Å². The number of carboxylic acid groups (broad SMARTS) is 1. The number of β-lactam (4-membered cyclic amide) rings is 1. The summed E-state index contributed by atoms with van der Waals surface area (Å²) in [5.74, 6) is -2.84. The van der Waals surface area contributed by atoms with Crippen LogP contribution >= 0.6 is 31.0 Å². The minimum atomic E-state index is -3.69. The van der Waals surface area contributed by atoms with Crippen LogP contribution in [0.15, 0.2) is 59.7 Å². The molecule has 0 spiro atoms. The van der Waals surface area contributed by atoms with Crippen LogP contribution in [0, 0.1) is 0 Å². The van der Waals surface area contributed by atoms with Gasteiger partial charge in [-0.1, -0.05) is 23.9 Å². The number of aliphatic carboxylic acids is 1. The number of anilines is 1. The SMILES string of the molecule is C=CCON=C(C(=O)NC1C(=O)N2C(C(=O)[O-])=C(C[n+]3ccccc3)CS[C@H]12)c1nsc(NP(=O)(OC)OC)n1. The van der Waals surface area contributed by atoms with E-state index in [0.717, 1.165) is 16.4 Å². The lowest BCUT2D eigenvalue weighted by Crippen LogP contribution is -2.71. The van der Waals surface area contributed by atoms with E-state index in [2.05, 4.69) is 31.5 Å². The van der Waals surface area contributed by atoms with Crippen molar-refractivity contribution in [3.8, 4) is 0 Å². The summed E-state index contributed by atoms with van der Waals surface area (Å²) in [5.41, 5.74) is -0.0807. The number of hydrogen-bond acceptors (Lipinski definition) is 13. The summed E-state index contributed by atoms with van der Waals surface area (Å²) in [6.45, 7) is 3.73. The number of amides is 2. The van der Waals surface area contributed by atoms with E-state index in [1.54, 1.807) is 29.1 Å². The summed E-state index contributed by atoms with van der Waals surface area (Å²) >= 11 is 2.06. The minimum absolute atomic E-state index is 0.00698. The fourth-order valence-corrected chi connectivity index (χ4v) is 6.63. The van der Waals surface area contributed by atoms with Gasteiger partial charge in [0.25, 0.3) is 11.8 Å². The topological polar surface area (TPSA) is 188 Å². The number of fused-ring (bicyclic) bond motifs is 1. The third kappa shape index (κ3) is 6.23. The summed E-state index contributed by atoms with van der Waals surface area (Å²) < 4.78 is 27.8. The summed E-state index contributed by atoms with van der Waals surface area (Å²) in [6.07, 6.45) is 4.96. The van der Waals surface area contributed by atoms with Crippen LogP contribution in [0.4, 0.5) is 5.13 Å². The van der Waals surface area contributed by atoms with Crippen LogP contribution in [-0.2, 0) is 39.4 Å². The average Bonchev–Trinajstić information content (AvgIpc) is 3.41. The van der Waals surface area contributed by atoms with Gasteiger partial charge < -0.3 is 20.1 Å². The number of hydrogen-bond donors (Lipinski definition) is 2. The number of carbonyl (C=O) groups is 3. The van der Waals surface area contributed by atoms with E-state index in [1.807, 2.05) is 6.07 Å². The van der Waals surface area contributed by atoms with E-state index < -0.39 is 36.9 Å². The van der Waals surface area contributed by atoms with Crippen molar-refractivity contribution in [3.05, 3.63) is 60.3 Å². The maximum absolute atomic E-state index is 13.2. The molecule has 2 atom stereocenters. The molecule has 4 rings (SSSR count). The maximum Gasteiger partial charge on any atom is 0.434 e. The molecule has 1 fully saturated rings. The van der Waals surface area contributed by atoms with Gasteiger partial charge in [0, 0.05) is 49.2 Å². The van der Waals surface area contributed by atoms with Crippen LogP contribution in [0.2, 0.25) is 0 Å². The first-order chi connectivity index (χ1) is 19.2. The highest BCUT2D eigenvalue weighted by Gasteiger charge is 2.53. The van der Waals surface area contributed by atoms with Gasteiger partial charge in [-0.15, -0.1) is 11.8 Å². The molecule has 0 bridgehead atoms. The zero-order chi connectivity index (χ0) is 28.9. The van der Waals surface area contributed by atoms with Gasteiger partial charge in [-0.3, -0.25) is 28.6 Å². The molecule has 40 heavy (non-hydrogen) atoms. The molecule has 0 aromatic carbocycles.